The molecule has 57 heavy (non-hydrogen) atoms. The number of alkyl carbamates (subject to hydrolysis) is 1. The van der Waals surface area contributed by atoms with Gasteiger partial charge in [0.05, 0.1) is 5.33 Å². The number of imide groups is 1. The van der Waals surface area contributed by atoms with Crippen molar-refractivity contribution < 1.29 is 76.0 Å². The zero-order valence-electron chi connectivity index (χ0n) is 29.8. The fourth-order valence-corrected chi connectivity index (χ4v) is 4.93. The van der Waals surface area contributed by atoms with Crippen LogP contribution in [-0.4, -0.2) is 85.9 Å². The number of alkyl halides is 4. The average Bonchev–Trinajstić information content (AvgIpc) is 3.18. The summed E-state index contributed by atoms with van der Waals surface area (Å²) in [4.78, 5) is 102. The first-order valence-corrected chi connectivity index (χ1v) is 17.7. The molecule has 20 heteroatoms. The second-order valence-electron chi connectivity index (χ2n) is 11.7. The molecule has 0 fully saturated rings. The largest absolute Gasteiger partial charge is 0.490 e. The van der Waals surface area contributed by atoms with Crippen molar-refractivity contribution in [1.29, 1.82) is 0 Å². The maximum Gasteiger partial charge on any atom is 0.490 e. The number of aliphatic carboxylic acids is 2. The Hall–Kier alpha value is -6.31. The number of carboxylic acid groups (broad SMARTS) is 2. The monoisotopic (exact) mass is 867 g/mol. The van der Waals surface area contributed by atoms with Crippen molar-refractivity contribution in [3.8, 4) is 0 Å². The fourth-order valence-electron chi connectivity index (χ4n) is 4.65. The Kier molecular flexibility index (Phi) is 18.8. The van der Waals surface area contributed by atoms with Crippen LogP contribution in [0, 0.1) is 0 Å². The molecular weight excluding hydrogens is 831 g/mol. The summed E-state index contributed by atoms with van der Waals surface area (Å²) in [5.74, 6) is -9.27. The number of ether oxygens (including phenoxy) is 3. The molecule has 3 rings (SSSR count). The lowest BCUT2D eigenvalue weighted by molar-refractivity contribution is -0.192. The molecule has 0 heterocycles. The molecule has 3 aromatic rings. The van der Waals surface area contributed by atoms with Crippen molar-refractivity contribution in [1.82, 2.24) is 10.2 Å². The number of hydrogen-bond donors (Lipinski definition) is 4. The van der Waals surface area contributed by atoms with E-state index in [1.807, 2.05) is 0 Å². The van der Waals surface area contributed by atoms with E-state index in [2.05, 4.69) is 21.2 Å². The number of halogens is 4. The lowest BCUT2D eigenvalue weighted by Crippen LogP contribution is -2.67. The Morgan fingerprint density at radius 3 is 1.54 bits per heavy atom. The molecule has 0 aliphatic rings. The van der Waals surface area contributed by atoms with Crippen molar-refractivity contribution in [2.45, 2.75) is 63.3 Å². The maximum atomic E-state index is 14.4. The highest BCUT2D eigenvalue weighted by atomic mass is 79.9. The number of esters is 1. The zero-order valence-corrected chi connectivity index (χ0v) is 31.4. The number of nitrogens with one attached hydrogen (secondary N) is 1. The highest BCUT2D eigenvalue weighted by Gasteiger charge is 2.59. The second kappa shape index (κ2) is 22.9. The number of primary amides is 1. The summed E-state index contributed by atoms with van der Waals surface area (Å²) in [6.07, 6.45) is -10.4. The number of nitrogens with two attached hydrogens (primary N) is 1. The molecule has 0 aromatic heterocycles. The lowest BCUT2D eigenvalue weighted by Gasteiger charge is -2.37. The van der Waals surface area contributed by atoms with E-state index in [0.29, 0.717) is 16.7 Å². The van der Waals surface area contributed by atoms with Gasteiger partial charge in [-0.25, -0.2) is 28.9 Å². The van der Waals surface area contributed by atoms with Crippen LogP contribution in [0.4, 0.5) is 22.8 Å². The third-order valence-corrected chi connectivity index (χ3v) is 8.16. The molecule has 0 bridgehead atoms. The first kappa shape index (κ1) is 46.8. The number of amides is 4. The van der Waals surface area contributed by atoms with Crippen molar-refractivity contribution >= 4 is 63.6 Å². The quantitative estimate of drug-likeness (QED) is 0.0589. The summed E-state index contributed by atoms with van der Waals surface area (Å²) in [5.41, 5.74) is 3.62. The Morgan fingerprint density at radius 1 is 0.702 bits per heavy atom. The van der Waals surface area contributed by atoms with Crippen molar-refractivity contribution in [2.75, 3.05) is 5.33 Å². The van der Waals surface area contributed by atoms with Gasteiger partial charge in [-0.05, 0) is 29.5 Å². The summed E-state index contributed by atoms with van der Waals surface area (Å²) in [7, 11) is 0. The van der Waals surface area contributed by atoms with Crippen LogP contribution in [-0.2, 0) is 62.8 Å². The molecule has 306 valence electrons. The number of hydrogen-bond acceptors (Lipinski definition) is 11. The van der Waals surface area contributed by atoms with Crippen molar-refractivity contribution in [3.63, 3.8) is 0 Å². The Morgan fingerprint density at radius 2 is 1.14 bits per heavy atom. The van der Waals surface area contributed by atoms with E-state index in [1.54, 1.807) is 91.0 Å². The smallest absolute Gasteiger partial charge is 0.479 e. The predicted octanol–water partition coefficient (Wildman–Crippen LogP) is 4.66. The van der Waals surface area contributed by atoms with E-state index in [4.69, 9.17) is 29.8 Å². The molecule has 4 amide bonds. The van der Waals surface area contributed by atoms with Crippen LogP contribution in [0.5, 0.6) is 0 Å². The van der Waals surface area contributed by atoms with Gasteiger partial charge in [-0.1, -0.05) is 107 Å². The van der Waals surface area contributed by atoms with Crippen molar-refractivity contribution in [2.24, 2.45) is 5.73 Å². The molecular formula is C37H37BrF3N3O13. The molecule has 2 atom stereocenters. The highest BCUT2D eigenvalue weighted by molar-refractivity contribution is 9.09. The lowest BCUT2D eigenvalue weighted by atomic mass is 9.89. The van der Waals surface area contributed by atoms with E-state index in [-0.39, 0.29) is 16.8 Å². The number of ketones is 1. The molecule has 0 radical (unpaired) electrons. The highest BCUT2D eigenvalue weighted by Crippen LogP contribution is 2.29. The van der Waals surface area contributed by atoms with E-state index in [1.165, 1.54) is 0 Å². The number of benzene rings is 3. The number of Topliss-reactive ketones (excluding diaryl/α,β-unsaturated/α-hetero) is 1. The van der Waals surface area contributed by atoms with Gasteiger partial charge in [0.2, 0.25) is 11.4 Å². The van der Waals surface area contributed by atoms with Crippen LogP contribution in [0.2, 0.25) is 0 Å². The van der Waals surface area contributed by atoms with Gasteiger partial charge in [0, 0.05) is 12.8 Å². The van der Waals surface area contributed by atoms with Gasteiger partial charge < -0.3 is 35.5 Å². The Balaban J connectivity index is 0.00000146. The minimum absolute atomic E-state index is 0.0241. The summed E-state index contributed by atoms with van der Waals surface area (Å²) in [6, 6.07) is 23.0. The molecule has 3 aromatic carbocycles. The van der Waals surface area contributed by atoms with Crippen LogP contribution in [0.25, 0.3) is 0 Å². The molecule has 0 saturated carbocycles. The average molecular weight is 869 g/mol. The maximum absolute atomic E-state index is 14.4. The van der Waals surface area contributed by atoms with Gasteiger partial charge in [0.15, 0.2) is 0 Å². The predicted molar refractivity (Wildman–Crippen MR) is 194 cm³/mol. The summed E-state index contributed by atoms with van der Waals surface area (Å²) < 4.78 is 47.7. The molecule has 0 aliphatic carbocycles. The van der Waals surface area contributed by atoms with E-state index in [9.17, 15) is 51.8 Å². The fraction of sp³-hybridized carbons (Fsp3) is 0.297. The van der Waals surface area contributed by atoms with Gasteiger partial charge in [-0.2, -0.15) is 13.2 Å². The molecule has 0 unspecified atom stereocenters. The molecule has 0 aliphatic heterocycles. The topological polar surface area (TPSA) is 246 Å². The van der Waals surface area contributed by atoms with E-state index >= 15 is 0 Å². The van der Waals surface area contributed by atoms with Crippen LogP contribution < -0.4 is 11.1 Å². The number of rotatable bonds is 18. The summed E-state index contributed by atoms with van der Waals surface area (Å²) in [6.45, 7) is -1.15. The first-order valence-electron chi connectivity index (χ1n) is 16.5. The van der Waals surface area contributed by atoms with E-state index in [0.717, 1.165) is 0 Å². The molecule has 16 nitrogen and oxygen atoms in total. The van der Waals surface area contributed by atoms with Crippen LogP contribution in [0.1, 0.15) is 42.4 Å². The normalized spacial score (nSPS) is 12.2. The zero-order chi connectivity index (χ0) is 42.6. The third kappa shape index (κ3) is 15.4. The number of nitrogens with zero attached hydrogens (tertiary/aromatic N) is 1. The minimum atomic E-state index is -5.08. The summed E-state index contributed by atoms with van der Waals surface area (Å²) in [5, 5.41) is 19.9. The number of carboxylic acids is 2. The Labute approximate surface area is 331 Å². The van der Waals surface area contributed by atoms with Crippen molar-refractivity contribution in [3.05, 3.63) is 108 Å². The van der Waals surface area contributed by atoms with Gasteiger partial charge in [-0.3, -0.25) is 14.4 Å². The first-order chi connectivity index (χ1) is 26.9. The van der Waals surface area contributed by atoms with Crippen LogP contribution >= 0.6 is 15.9 Å². The molecule has 0 spiro atoms. The van der Waals surface area contributed by atoms with Gasteiger partial charge in [0.25, 0.3) is 5.91 Å². The number of carbonyl (C=O) groups excluding carboxylic acids is 6. The minimum Gasteiger partial charge on any atom is -0.479 e. The van der Waals surface area contributed by atoms with Gasteiger partial charge in [0.1, 0.15) is 31.6 Å². The van der Waals surface area contributed by atoms with Crippen LogP contribution in [0.15, 0.2) is 91.0 Å². The SMILES string of the molecule is NC(=O)CC[C@H](NC(=O)OCc1ccccc1)C(=O)N(C(=O)OCc1ccccc1)[C@@](CCC(=O)CBr)(C(=O)O)C(=O)OCc1ccccc1.O=C(O)C(F)(F)F. The molecule has 0 saturated heterocycles. The second-order valence-corrected chi connectivity index (χ2v) is 12.2. The molecule has 5 N–H and O–H groups in total. The number of carbonyl (C=O) groups is 8. The summed E-state index contributed by atoms with van der Waals surface area (Å²) >= 11 is 2.99. The van der Waals surface area contributed by atoms with Gasteiger partial charge >= 0.3 is 36.3 Å². The standard InChI is InChI=1S/C35H36BrN3O11.C2HF3O2/c36-20-27(40)18-19-35(31(43)44,32(45)48-21-24-10-4-1-5-11-24)39(34(47)50-23-26-14-8-3-9-15-26)30(42)28(16-17-29(37)41)38-33(46)49-22-25-12-6-2-7-13-25;3-2(4,5)1(6)7/h1-15,28H,16-23H2,(H2,37,41)(H,38,46)(H,43,44);(H,6,7)/t28-,35-;/m0./s1. The van der Waals surface area contributed by atoms with E-state index < -0.39 is 104 Å². The Bertz CT molecular complexity index is 1850. The third-order valence-electron chi connectivity index (χ3n) is 7.53. The van der Waals surface area contributed by atoms with Crippen LogP contribution in [0.3, 0.4) is 0 Å². The van der Waals surface area contributed by atoms with Gasteiger partial charge in [-0.15, -0.1) is 0 Å².